The summed E-state index contributed by atoms with van der Waals surface area (Å²) in [6.07, 6.45) is 5.31. The van der Waals surface area contributed by atoms with Gasteiger partial charge < -0.3 is 16.2 Å². The Labute approximate surface area is 117 Å². The number of carbonyl (C=O) groups excluding carboxylic acids is 1. The summed E-state index contributed by atoms with van der Waals surface area (Å²) in [6.45, 7) is 1.75. The Morgan fingerprint density at radius 3 is 2.55 bits per heavy atom. The molecule has 1 saturated carbocycles. The highest BCUT2D eigenvalue weighted by molar-refractivity contribution is 5.99. The lowest BCUT2D eigenvalue weighted by molar-refractivity contribution is -0.143. The molecular weight excluding hydrogens is 258 g/mol. The van der Waals surface area contributed by atoms with Gasteiger partial charge in [-0.2, -0.15) is 0 Å². The topological polar surface area (TPSA) is 105 Å². The third-order valence-corrected chi connectivity index (χ3v) is 3.88. The van der Waals surface area contributed by atoms with Crippen molar-refractivity contribution in [3.05, 3.63) is 23.4 Å². The SMILES string of the molecule is Cc1ccnc(NC2(C(=O)O)CCCCC2)c1C(N)=O. The molecule has 0 aromatic carbocycles. The highest BCUT2D eigenvalue weighted by Crippen LogP contribution is 2.32. The summed E-state index contributed by atoms with van der Waals surface area (Å²) in [5.41, 5.74) is 5.27. The van der Waals surface area contributed by atoms with Gasteiger partial charge in [-0.1, -0.05) is 19.3 Å². The van der Waals surface area contributed by atoms with Gasteiger partial charge in [-0.05, 0) is 31.4 Å². The van der Waals surface area contributed by atoms with Crippen LogP contribution in [0.15, 0.2) is 12.3 Å². The molecule has 0 unspecified atom stereocenters. The quantitative estimate of drug-likeness (QED) is 0.776. The smallest absolute Gasteiger partial charge is 0.329 e. The van der Waals surface area contributed by atoms with Crippen molar-refractivity contribution in [2.24, 2.45) is 5.73 Å². The lowest BCUT2D eigenvalue weighted by atomic mass is 9.81. The molecule has 0 radical (unpaired) electrons. The first-order valence-electron chi connectivity index (χ1n) is 6.73. The van der Waals surface area contributed by atoms with Crippen molar-refractivity contribution >= 4 is 17.7 Å². The molecule has 0 atom stereocenters. The normalized spacial score (nSPS) is 17.4. The van der Waals surface area contributed by atoms with E-state index in [0.717, 1.165) is 19.3 Å². The number of amides is 1. The number of nitrogens with two attached hydrogens (primary N) is 1. The van der Waals surface area contributed by atoms with Crippen molar-refractivity contribution in [1.82, 2.24) is 4.98 Å². The van der Waals surface area contributed by atoms with Gasteiger partial charge in [0.1, 0.15) is 11.4 Å². The third kappa shape index (κ3) is 2.59. The molecule has 4 N–H and O–H groups in total. The lowest BCUT2D eigenvalue weighted by Gasteiger charge is -2.35. The Kier molecular flexibility index (Phi) is 3.92. The highest BCUT2D eigenvalue weighted by Gasteiger charge is 2.40. The summed E-state index contributed by atoms with van der Waals surface area (Å²) in [5.74, 6) is -1.24. The van der Waals surface area contributed by atoms with Crippen molar-refractivity contribution in [1.29, 1.82) is 0 Å². The van der Waals surface area contributed by atoms with Crippen LogP contribution in [0.1, 0.15) is 48.0 Å². The fourth-order valence-corrected chi connectivity index (χ4v) is 2.74. The van der Waals surface area contributed by atoms with E-state index in [0.29, 0.717) is 18.4 Å². The molecule has 1 heterocycles. The van der Waals surface area contributed by atoms with Crippen molar-refractivity contribution in [2.75, 3.05) is 5.32 Å². The second-order valence-electron chi connectivity index (χ2n) is 5.29. The first-order chi connectivity index (χ1) is 9.46. The van der Waals surface area contributed by atoms with E-state index in [-0.39, 0.29) is 11.4 Å². The van der Waals surface area contributed by atoms with Gasteiger partial charge in [0.15, 0.2) is 0 Å². The van der Waals surface area contributed by atoms with E-state index in [4.69, 9.17) is 5.73 Å². The molecule has 0 aliphatic heterocycles. The minimum absolute atomic E-state index is 0.263. The number of hydrogen-bond donors (Lipinski definition) is 3. The van der Waals surface area contributed by atoms with E-state index in [1.807, 2.05) is 0 Å². The van der Waals surface area contributed by atoms with Crippen molar-refractivity contribution in [2.45, 2.75) is 44.6 Å². The van der Waals surface area contributed by atoms with Crippen molar-refractivity contribution in [3.63, 3.8) is 0 Å². The van der Waals surface area contributed by atoms with Crippen molar-refractivity contribution in [3.8, 4) is 0 Å². The van der Waals surface area contributed by atoms with E-state index in [2.05, 4.69) is 10.3 Å². The van der Waals surface area contributed by atoms with Gasteiger partial charge in [-0.3, -0.25) is 4.79 Å². The molecular formula is C14H19N3O3. The maximum Gasteiger partial charge on any atom is 0.329 e. The Bertz CT molecular complexity index is 536. The standard InChI is InChI=1S/C14H19N3O3/c1-9-5-8-16-12(10(9)11(15)18)17-14(13(19)20)6-3-2-4-7-14/h5,8H,2-4,6-7H2,1H3,(H2,15,18)(H,16,17)(H,19,20). The van der Waals surface area contributed by atoms with Gasteiger partial charge >= 0.3 is 5.97 Å². The number of carboxylic acids is 1. The Balaban J connectivity index is 2.39. The number of primary amides is 1. The molecule has 1 aromatic rings. The van der Waals surface area contributed by atoms with E-state index >= 15 is 0 Å². The monoisotopic (exact) mass is 277 g/mol. The molecule has 1 aliphatic carbocycles. The zero-order chi connectivity index (χ0) is 14.8. The van der Waals surface area contributed by atoms with Gasteiger partial charge in [0.2, 0.25) is 0 Å². The number of carbonyl (C=O) groups is 2. The van der Waals surface area contributed by atoms with Crippen molar-refractivity contribution < 1.29 is 14.7 Å². The van der Waals surface area contributed by atoms with Gasteiger partial charge in [-0.15, -0.1) is 0 Å². The van der Waals surface area contributed by atoms with Crippen LogP contribution in [0.25, 0.3) is 0 Å². The predicted octanol–water partition coefficient (Wildman–Crippen LogP) is 1.69. The zero-order valence-corrected chi connectivity index (χ0v) is 11.5. The fraction of sp³-hybridized carbons (Fsp3) is 0.500. The third-order valence-electron chi connectivity index (χ3n) is 3.88. The number of carboxylic acid groups (broad SMARTS) is 1. The number of rotatable bonds is 4. The van der Waals surface area contributed by atoms with E-state index in [1.54, 1.807) is 19.2 Å². The minimum Gasteiger partial charge on any atom is -0.480 e. The average Bonchev–Trinajstić information content (AvgIpc) is 2.39. The van der Waals surface area contributed by atoms with E-state index < -0.39 is 17.4 Å². The van der Waals surface area contributed by atoms with Crippen LogP contribution in [-0.2, 0) is 4.79 Å². The summed E-state index contributed by atoms with van der Waals surface area (Å²) in [4.78, 5) is 27.3. The van der Waals surface area contributed by atoms with Crippen LogP contribution < -0.4 is 11.1 Å². The first kappa shape index (κ1) is 14.3. The minimum atomic E-state index is -1.05. The summed E-state index contributed by atoms with van der Waals surface area (Å²) < 4.78 is 0. The summed E-state index contributed by atoms with van der Waals surface area (Å²) >= 11 is 0. The molecule has 1 amide bonds. The Morgan fingerprint density at radius 1 is 1.35 bits per heavy atom. The Hall–Kier alpha value is -2.11. The van der Waals surface area contributed by atoms with E-state index in [9.17, 15) is 14.7 Å². The molecule has 6 nitrogen and oxygen atoms in total. The number of nitrogens with zero attached hydrogens (tertiary/aromatic N) is 1. The molecule has 0 spiro atoms. The molecule has 1 aromatic heterocycles. The van der Waals surface area contributed by atoms with Crippen LogP contribution in [0.3, 0.4) is 0 Å². The van der Waals surface area contributed by atoms with E-state index in [1.165, 1.54) is 0 Å². The molecule has 1 aliphatic rings. The number of aromatic nitrogens is 1. The van der Waals surface area contributed by atoms with Crippen LogP contribution in [0.5, 0.6) is 0 Å². The van der Waals surface area contributed by atoms with Crippen LogP contribution >= 0.6 is 0 Å². The van der Waals surface area contributed by atoms with Gasteiger partial charge in [0.25, 0.3) is 5.91 Å². The largest absolute Gasteiger partial charge is 0.480 e. The zero-order valence-electron chi connectivity index (χ0n) is 11.5. The number of anilines is 1. The molecule has 0 bridgehead atoms. The van der Waals surface area contributed by atoms with Crippen LogP contribution in [0.4, 0.5) is 5.82 Å². The Morgan fingerprint density at radius 2 is 2.00 bits per heavy atom. The second kappa shape index (κ2) is 5.48. The van der Waals surface area contributed by atoms with Crippen LogP contribution in [-0.4, -0.2) is 27.5 Å². The number of pyridine rings is 1. The molecule has 20 heavy (non-hydrogen) atoms. The highest BCUT2D eigenvalue weighted by atomic mass is 16.4. The number of nitrogens with one attached hydrogen (secondary N) is 1. The van der Waals surface area contributed by atoms with Gasteiger partial charge in [0, 0.05) is 6.20 Å². The number of aliphatic carboxylic acids is 1. The van der Waals surface area contributed by atoms with Crippen LogP contribution in [0, 0.1) is 6.92 Å². The predicted molar refractivity (Wildman–Crippen MR) is 74.6 cm³/mol. The summed E-state index contributed by atoms with van der Waals surface area (Å²) in [7, 11) is 0. The van der Waals surface area contributed by atoms with Crippen LogP contribution in [0.2, 0.25) is 0 Å². The summed E-state index contributed by atoms with van der Waals surface area (Å²) in [5, 5.41) is 12.5. The number of aryl methyl sites for hydroxylation is 1. The molecule has 0 saturated heterocycles. The molecule has 1 fully saturated rings. The molecule has 6 heteroatoms. The maximum atomic E-state index is 11.6. The first-order valence-corrected chi connectivity index (χ1v) is 6.73. The maximum absolute atomic E-state index is 11.6. The number of hydrogen-bond acceptors (Lipinski definition) is 4. The fourth-order valence-electron chi connectivity index (χ4n) is 2.74. The molecule has 108 valence electrons. The second-order valence-corrected chi connectivity index (χ2v) is 5.29. The van der Waals surface area contributed by atoms with Gasteiger partial charge in [0.05, 0.1) is 5.56 Å². The van der Waals surface area contributed by atoms with Gasteiger partial charge in [-0.25, -0.2) is 9.78 Å². The summed E-state index contributed by atoms with van der Waals surface area (Å²) in [6, 6.07) is 1.68. The average molecular weight is 277 g/mol. The lowest BCUT2D eigenvalue weighted by Crippen LogP contribution is -2.48. The molecule has 2 rings (SSSR count).